The normalized spacial score (nSPS) is 16.7. The molecule has 1 aromatic heterocycles. The zero-order valence-electron chi connectivity index (χ0n) is 10.9. The van der Waals surface area contributed by atoms with Gasteiger partial charge < -0.3 is 10.4 Å². The number of amides is 1. The third-order valence-electron chi connectivity index (χ3n) is 3.63. The number of carboxylic acid groups (broad SMARTS) is 1. The molecule has 1 saturated carbocycles. The Kier molecular flexibility index (Phi) is 4.19. The summed E-state index contributed by atoms with van der Waals surface area (Å²) >= 11 is 1.59. The quantitative estimate of drug-likeness (QED) is 0.833. The van der Waals surface area contributed by atoms with Crippen LogP contribution in [0.15, 0.2) is 5.38 Å². The van der Waals surface area contributed by atoms with Gasteiger partial charge in [-0.2, -0.15) is 0 Å². The van der Waals surface area contributed by atoms with E-state index in [0.29, 0.717) is 25.8 Å². The fourth-order valence-electron chi connectivity index (χ4n) is 2.29. The minimum absolute atomic E-state index is 0.0957. The summed E-state index contributed by atoms with van der Waals surface area (Å²) in [4.78, 5) is 27.2. The highest BCUT2D eigenvalue weighted by atomic mass is 32.1. The average Bonchev–Trinajstić information content (AvgIpc) is 2.69. The molecule has 19 heavy (non-hydrogen) atoms. The van der Waals surface area contributed by atoms with Crippen molar-refractivity contribution in [3.05, 3.63) is 16.1 Å². The van der Waals surface area contributed by atoms with E-state index in [0.717, 1.165) is 17.1 Å². The molecule has 1 heterocycles. The van der Waals surface area contributed by atoms with Gasteiger partial charge in [-0.25, -0.2) is 4.98 Å². The molecule has 0 aromatic carbocycles. The van der Waals surface area contributed by atoms with Gasteiger partial charge in [-0.1, -0.05) is 6.42 Å². The van der Waals surface area contributed by atoms with Gasteiger partial charge in [-0.15, -0.1) is 11.3 Å². The van der Waals surface area contributed by atoms with E-state index in [1.807, 2.05) is 12.3 Å². The highest BCUT2D eigenvalue weighted by Gasteiger charge is 2.45. The van der Waals surface area contributed by atoms with Crippen LogP contribution >= 0.6 is 11.3 Å². The third kappa shape index (κ3) is 3.32. The van der Waals surface area contributed by atoms with Crippen LogP contribution in [-0.2, 0) is 16.0 Å². The van der Waals surface area contributed by atoms with E-state index in [1.165, 1.54) is 0 Å². The summed E-state index contributed by atoms with van der Waals surface area (Å²) in [5.74, 6) is -1.02. The predicted molar refractivity (Wildman–Crippen MR) is 72.1 cm³/mol. The Hall–Kier alpha value is -1.43. The lowest BCUT2D eigenvalue weighted by molar-refractivity contribution is -0.157. The molecule has 0 saturated heterocycles. The van der Waals surface area contributed by atoms with Crippen molar-refractivity contribution in [2.75, 3.05) is 6.54 Å². The van der Waals surface area contributed by atoms with Crippen molar-refractivity contribution in [1.29, 1.82) is 0 Å². The molecule has 1 fully saturated rings. The molecule has 104 valence electrons. The number of rotatable bonds is 6. The van der Waals surface area contributed by atoms with Crippen LogP contribution in [-0.4, -0.2) is 28.5 Å². The van der Waals surface area contributed by atoms with E-state index in [1.54, 1.807) is 11.3 Å². The summed E-state index contributed by atoms with van der Waals surface area (Å²) in [5, 5.41) is 14.9. The molecule has 0 radical (unpaired) electrons. The van der Waals surface area contributed by atoms with Crippen LogP contribution in [0.1, 0.15) is 36.4 Å². The van der Waals surface area contributed by atoms with Gasteiger partial charge >= 0.3 is 5.97 Å². The molecule has 5 nitrogen and oxygen atoms in total. The van der Waals surface area contributed by atoms with Gasteiger partial charge in [0.2, 0.25) is 5.91 Å². The maximum Gasteiger partial charge on any atom is 0.310 e. The van der Waals surface area contributed by atoms with Gasteiger partial charge in [-0.05, 0) is 19.8 Å². The van der Waals surface area contributed by atoms with Gasteiger partial charge in [0.15, 0.2) is 0 Å². The Morgan fingerprint density at radius 2 is 2.26 bits per heavy atom. The fraction of sp³-hybridized carbons (Fsp3) is 0.615. The zero-order chi connectivity index (χ0) is 13.9. The Balaban J connectivity index is 1.74. The Labute approximate surface area is 116 Å². The molecule has 1 aliphatic carbocycles. The van der Waals surface area contributed by atoms with Crippen LogP contribution in [0.5, 0.6) is 0 Å². The van der Waals surface area contributed by atoms with E-state index >= 15 is 0 Å². The van der Waals surface area contributed by atoms with E-state index < -0.39 is 11.4 Å². The van der Waals surface area contributed by atoms with Crippen molar-refractivity contribution in [2.24, 2.45) is 5.41 Å². The molecule has 0 unspecified atom stereocenters. The maximum atomic E-state index is 11.8. The van der Waals surface area contributed by atoms with E-state index in [-0.39, 0.29) is 12.3 Å². The highest BCUT2D eigenvalue weighted by Crippen LogP contribution is 2.44. The molecular formula is C13H18N2O3S. The van der Waals surface area contributed by atoms with Crippen molar-refractivity contribution < 1.29 is 14.7 Å². The first-order valence-electron chi connectivity index (χ1n) is 6.43. The van der Waals surface area contributed by atoms with Crippen molar-refractivity contribution in [3.63, 3.8) is 0 Å². The largest absolute Gasteiger partial charge is 0.481 e. The van der Waals surface area contributed by atoms with Gasteiger partial charge in [-0.3, -0.25) is 9.59 Å². The molecule has 0 spiro atoms. The molecule has 6 heteroatoms. The third-order valence-corrected chi connectivity index (χ3v) is 4.46. The van der Waals surface area contributed by atoms with Crippen LogP contribution in [0.3, 0.4) is 0 Å². The fourth-order valence-corrected chi connectivity index (χ4v) is 2.94. The predicted octanol–water partition coefficient (Wildman–Crippen LogP) is 1.76. The Bertz CT molecular complexity index is 480. The second kappa shape index (κ2) is 5.69. The lowest BCUT2D eigenvalue weighted by Crippen LogP contribution is -2.42. The number of aromatic nitrogens is 1. The number of aliphatic carboxylic acids is 1. The highest BCUT2D eigenvalue weighted by molar-refractivity contribution is 7.09. The molecule has 2 N–H and O–H groups in total. The van der Waals surface area contributed by atoms with Gasteiger partial charge in [0.1, 0.15) is 0 Å². The van der Waals surface area contributed by atoms with Gasteiger partial charge in [0.05, 0.1) is 16.1 Å². The van der Waals surface area contributed by atoms with E-state index in [2.05, 4.69) is 10.3 Å². The summed E-state index contributed by atoms with van der Waals surface area (Å²) in [7, 11) is 0. The van der Waals surface area contributed by atoms with Crippen molar-refractivity contribution in [1.82, 2.24) is 10.3 Å². The minimum atomic E-state index is -0.843. The Morgan fingerprint density at radius 1 is 1.53 bits per heavy atom. The summed E-state index contributed by atoms with van der Waals surface area (Å²) in [6, 6.07) is 0. The second-order valence-electron chi connectivity index (χ2n) is 5.07. The second-order valence-corrected chi connectivity index (χ2v) is 6.14. The number of carboxylic acids is 1. The molecular weight excluding hydrogens is 264 g/mol. The Morgan fingerprint density at radius 3 is 2.74 bits per heavy atom. The molecule has 2 rings (SSSR count). The number of thiazole rings is 1. The zero-order valence-corrected chi connectivity index (χ0v) is 11.8. The standard InChI is InChI=1S/C13H18N2O3S/c1-9-15-10(8-19-9)3-6-14-11(16)7-13(12(17)18)4-2-5-13/h8H,2-7H2,1H3,(H,14,16)(H,17,18). The number of carbonyl (C=O) groups excluding carboxylic acids is 1. The number of carbonyl (C=O) groups is 2. The number of aryl methyl sites for hydroxylation is 1. The SMILES string of the molecule is Cc1nc(CCNC(=O)CC2(C(=O)O)CCC2)cs1. The monoisotopic (exact) mass is 282 g/mol. The number of nitrogens with zero attached hydrogens (tertiary/aromatic N) is 1. The molecule has 0 bridgehead atoms. The van der Waals surface area contributed by atoms with Gasteiger partial charge in [0.25, 0.3) is 0 Å². The van der Waals surface area contributed by atoms with E-state index in [4.69, 9.17) is 5.11 Å². The first-order chi connectivity index (χ1) is 9.02. The van der Waals surface area contributed by atoms with Crippen LogP contribution in [0, 0.1) is 12.3 Å². The van der Waals surface area contributed by atoms with E-state index in [9.17, 15) is 9.59 Å². The summed E-state index contributed by atoms with van der Waals surface area (Å²) in [5.41, 5.74) is 0.167. The smallest absolute Gasteiger partial charge is 0.310 e. The maximum absolute atomic E-state index is 11.8. The van der Waals surface area contributed by atoms with Crippen LogP contribution in [0.25, 0.3) is 0 Å². The molecule has 1 aliphatic rings. The first kappa shape index (κ1) is 14.0. The van der Waals surface area contributed by atoms with Crippen molar-refractivity contribution in [2.45, 2.75) is 39.0 Å². The van der Waals surface area contributed by atoms with Crippen LogP contribution < -0.4 is 5.32 Å². The van der Waals surface area contributed by atoms with Crippen LogP contribution in [0.2, 0.25) is 0 Å². The summed E-state index contributed by atoms with van der Waals surface area (Å²) in [6.07, 6.45) is 2.91. The average molecular weight is 282 g/mol. The molecule has 1 aromatic rings. The molecule has 0 aliphatic heterocycles. The molecule has 0 atom stereocenters. The topological polar surface area (TPSA) is 79.3 Å². The number of hydrogen-bond acceptors (Lipinski definition) is 4. The lowest BCUT2D eigenvalue weighted by atomic mass is 9.66. The van der Waals surface area contributed by atoms with Crippen LogP contribution in [0.4, 0.5) is 0 Å². The van der Waals surface area contributed by atoms with Gasteiger partial charge in [0, 0.05) is 24.8 Å². The lowest BCUT2D eigenvalue weighted by Gasteiger charge is -2.36. The summed E-state index contributed by atoms with van der Waals surface area (Å²) in [6.45, 7) is 2.46. The number of hydrogen-bond donors (Lipinski definition) is 2. The molecule has 1 amide bonds. The van der Waals surface area contributed by atoms with Crippen molar-refractivity contribution >= 4 is 23.2 Å². The minimum Gasteiger partial charge on any atom is -0.481 e. The number of nitrogens with one attached hydrogen (secondary N) is 1. The first-order valence-corrected chi connectivity index (χ1v) is 7.31. The van der Waals surface area contributed by atoms with Crippen molar-refractivity contribution in [3.8, 4) is 0 Å². The summed E-state index contributed by atoms with van der Waals surface area (Å²) < 4.78 is 0.